The Balaban J connectivity index is 1.35. The fraction of sp³-hybridized carbons (Fsp3) is 0.304. The molecule has 5 rings (SSSR count). The molecule has 1 aliphatic heterocycles. The van der Waals surface area contributed by atoms with E-state index in [2.05, 4.69) is 20.1 Å². The van der Waals surface area contributed by atoms with Crippen LogP contribution in [0, 0.1) is 4.77 Å². The summed E-state index contributed by atoms with van der Waals surface area (Å²) in [6.07, 6.45) is 4.60. The molecule has 32 heavy (non-hydrogen) atoms. The molecule has 1 amide bonds. The van der Waals surface area contributed by atoms with Gasteiger partial charge in [0.05, 0.1) is 18.1 Å². The van der Waals surface area contributed by atoms with Crippen molar-refractivity contribution in [2.75, 3.05) is 12.4 Å². The summed E-state index contributed by atoms with van der Waals surface area (Å²) >= 11 is 5.36. The van der Waals surface area contributed by atoms with Crippen LogP contribution in [0.5, 0.6) is 5.75 Å². The lowest BCUT2D eigenvalue weighted by atomic mass is 10.2. The van der Waals surface area contributed by atoms with Gasteiger partial charge in [-0.15, -0.1) is 0 Å². The average Bonchev–Trinajstić information content (AvgIpc) is 3.23. The number of rotatable bonds is 5. The molecular weight excluding hydrogens is 424 g/mol. The predicted molar refractivity (Wildman–Crippen MR) is 125 cm³/mol. The van der Waals surface area contributed by atoms with E-state index in [1.54, 1.807) is 11.7 Å². The summed E-state index contributed by atoms with van der Waals surface area (Å²) in [7, 11) is 1.62. The number of benzene rings is 2. The van der Waals surface area contributed by atoms with Crippen molar-refractivity contribution in [2.45, 2.75) is 38.8 Å². The summed E-state index contributed by atoms with van der Waals surface area (Å²) < 4.78 is 9.59. The zero-order valence-electron chi connectivity index (χ0n) is 17.8. The maximum absolute atomic E-state index is 12.8. The number of anilines is 1. The third kappa shape index (κ3) is 3.91. The van der Waals surface area contributed by atoms with Crippen LogP contribution < -0.4 is 10.1 Å². The van der Waals surface area contributed by atoms with Gasteiger partial charge in [-0.25, -0.2) is 4.98 Å². The Morgan fingerprint density at radius 2 is 2.03 bits per heavy atom. The number of hydrogen-bond acceptors (Lipinski definition) is 5. The third-order valence-electron chi connectivity index (χ3n) is 5.80. The van der Waals surface area contributed by atoms with E-state index < -0.39 is 0 Å². The zero-order chi connectivity index (χ0) is 22.1. The Morgan fingerprint density at radius 3 is 2.84 bits per heavy atom. The molecule has 0 atom stereocenters. The van der Waals surface area contributed by atoms with Crippen molar-refractivity contribution in [1.29, 1.82) is 0 Å². The molecule has 0 radical (unpaired) electrons. The quantitative estimate of drug-likeness (QED) is 0.444. The normalized spacial score (nSPS) is 13.5. The summed E-state index contributed by atoms with van der Waals surface area (Å²) in [4.78, 5) is 17.6. The van der Waals surface area contributed by atoms with Gasteiger partial charge in [-0.3, -0.25) is 14.5 Å². The van der Waals surface area contributed by atoms with Crippen molar-refractivity contribution < 1.29 is 9.53 Å². The Morgan fingerprint density at radius 1 is 1.19 bits per heavy atom. The highest BCUT2D eigenvalue weighted by Crippen LogP contribution is 2.25. The minimum Gasteiger partial charge on any atom is -0.497 e. The number of nitrogens with one attached hydrogen (secondary N) is 2. The number of ether oxygens (including phenoxy) is 1. The molecule has 164 valence electrons. The van der Waals surface area contributed by atoms with Crippen LogP contribution >= 0.6 is 12.2 Å². The first-order chi connectivity index (χ1) is 15.6. The fourth-order valence-corrected chi connectivity index (χ4v) is 4.39. The number of nitrogens with zero attached hydrogens (tertiary/aromatic N) is 4. The summed E-state index contributed by atoms with van der Waals surface area (Å²) in [6, 6.07) is 13.4. The summed E-state index contributed by atoms with van der Waals surface area (Å²) in [5.41, 5.74) is 3.60. The number of amides is 1. The lowest BCUT2D eigenvalue weighted by Gasteiger charge is -2.09. The van der Waals surface area contributed by atoms with Gasteiger partial charge >= 0.3 is 0 Å². The molecule has 8 nitrogen and oxygen atoms in total. The van der Waals surface area contributed by atoms with Gasteiger partial charge in [-0.2, -0.15) is 5.10 Å². The zero-order valence-corrected chi connectivity index (χ0v) is 18.6. The van der Waals surface area contributed by atoms with Crippen molar-refractivity contribution in [3.63, 3.8) is 0 Å². The number of aryl methyl sites for hydroxylation is 2. The van der Waals surface area contributed by atoms with Gasteiger partial charge < -0.3 is 14.6 Å². The number of aromatic nitrogens is 5. The average molecular weight is 449 g/mol. The molecule has 0 aliphatic carbocycles. The first-order valence-electron chi connectivity index (χ1n) is 10.7. The van der Waals surface area contributed by atoms with Gasteiger partial charge in [0.2, 0.25) is 5.91 Å². The highest BCUT2D eigenvalue weighted by molar-refractivity contribution is 7.71. The van der Waals surface area contributed by atoms with Crippen molar-refractivity contribution >= 4 is 34.8 Å². The van der Waals surface area contributed by atoms with Crippen LogP contribution in [0.2, 0.25) is 0 Å². The lowest BCUT2D eigenvalue weighted by molar-refractivity contribution is -0.116. The number of methoxy groups -OCH3 is 1. The molecule has 0 fully saturated rings. The standard InChI is InChI=1S/C23H24N6O2S/c1-31-17-9-6-15(7-10-17)22-26-27-23(32)29(22)14-21(30)24-16-8-11-19-18(13-16)25-20-5-3-2-4-12-28(19)20/h6-11,13H,2-5,12,14H2,1H3,(H,24,30)(H,27,32). The van der Waals surface area contributed by atoms with Crippen molar-refractivity contribution in [3.8, 4) is 17.1 Å². The molecule has 0 spiro atoms. The minimum atomic E-state index is -0.183. The molecule has 0 saturated carbocycles. The van der Waals surface area contributed by atoms with Gasteiger partial charge in [0.1, 0.15) is 18.1 Å². The Kier molecular flexibility index (Phi) is 5.48. The van der Waals surface area contributed by atoms with Gasteiger partial charge in [0.25, 0.3) is 0 Å². The van der Waals surface area contributed by atoms with Crippen molar-refractivity contribution in [2.24, 2.45) is 0 Å². The lowest BCUT2D eigenvalue weighted by Crippen LogP contribution is -2.19. The van der Waals surface area contributed by atoms with Crippen LogP contribution in [0.3, 0.4) is 0 Å². The summed E-state index contributed by atoms with van der Waals surface area (Å²) in [6.45, 7) is 1.05. The fourth-order valence-electron chi connectivity index (χ4n) is 4.20. The molecule has 9 heteroatoms. The van der Waals surface area contributed by atoms with E-state index in [1.807, 2.05) is 42.5 Å². The van der Waals surface area contributed by atoms with E-state index in [4.69, 9.17) is 21.9 Å². The number of carbonyl (C=O) groups excluding carboxylic acids is 1. The number of fused-ring (bicyclic) bond motifs is 3. The van der Waals surface area contributed by atoms with Crippen LogP contribution in [0.4, 0.5) is 5.69 Å². The minimum absolute atomic E-state index is 0.0500. The Hall–Kier alpha value is -3.46. The van der Waals surface area contributed by atoms with E-state index in [0.29, 0.717) is 10.6 Å². The predicted octanol–water partition coefficient (Wildman–Crippen LogP) is 4.33. The van der Waals surface area contributed by atoms with E-state index in [1.165, 1.54) is 19.3 Å². The maximum Gasteiger partial charge on any atom is 0.244 e. The smallest absolute Gasteiger partial charge is 0.244 e. The highest BCUT2D eigenvalue weighted by Gasteiger charge is 2.16. The molecule has 2 aromatic heterocycles. The number of hydrogen-bond donors (Lipinski definition) is 2. The van der Waals surface area contributed by atoms with Crippen LogP contribution in [0.25, 0.3) is 22.4 Å². The van der Waals surface area contributed by atoms with Crippen LogP contribution in [0.15, 0.2) is 42.5 Å². The molecule has 2 N–H and O–H groups in total. The number of imidazole rings is 1. The number of H-pyrrole nitrogens is 1. The van der Waals surface area contributed by atoms with E-state index in [-0.39, 0.29) is 12.5 Å². The molecule has 4 aromatic rings. The molecule has 0 saturated heterocycles. The molecule has 2 aromatic carbocycles. The third-order valence-corrected chi connectivity index (χ3v) is 6.11. The van der Waals surface area contributed by atoms with E-state index in [9.17, 15) is 4.79 Å². The SMILES string of the molecule is COc1ccc(-c2n[nH]c(=S)n2CC(=O)Nc2ccc3c(c2)nc2n3CCCCC2)cc1. The topological polar surface area (TPSA) is 89.8 Å². The van der Waals surface area contributed by atoms with Crippen molar-refractivity contribution in [3.05, 3.63) is 53.1 Å². The maximum atomic E-state index is 12.8. The second-order valence-corrected chi connectivity index (χ2v) is 8.30. The summed E-state index contributed by atoms with van der Waals surface area (Å²) in [5, 5.41) is 10.1. The largest absolute Gasteiger partial charge is 0.497 e. The van der Waals surface area contributed by atoms with Gasteiger partial charge in [-0.05, 0) is 67.5 Å². The Bertz CT molecular complexity index is 1340. The van der Waals surface area contributed by atoms with Crippen molar-refractivity contribution in [1.82, 2.24) is 24.3 Å². The second kappa shape index (κ2) is 8.58. The molecule has 0 unspecified atom stereocenters. The molecule has 3 heterocycles. The first kappa shape index (κ1) is 20.4. The Labute approximate surface area is 190 Å². The number of aromatic amines is 1. The highest BCUT2D eigenvalue weighted by atomic mass is 32.1. The first-order valence-corrected chi connectivity index (χ1v) is 11.1. The van der Waals surface area contributed by atoms with E-state index >= 15 is 0 Å². The molecular formula is C23H24N6O2S. The molecule has 0 bridgehead atoms. The van der Waals surface area contributed by atoms with E-state index in [0.717, 1.165) is 46.8 Å². The monoisotopic (exact) mass is 448 g/mol. The van der Waals surface area contributed by atoms with Crippen LogP contribution in [-0.4, -0.2) is 37.3 Å². The van der Waals surface area contributed by atoms with Gasteiger partial charge in [0.15, 0.2) is 10.6 Å². The molecule has 1 aliphatic rings. The van der Waals surface area contributed by atoms with Gasteiger partial charge in [-0.1, -0.05) is 6.42 Å². The van der Waals surface area contributed by atoms with Crippen LogP contribution in [0.1, 0.15) is 25.1 Å². The number of carbonyl (C=O) groups is 1. The van der Waals surface area contributed by atoms with Crippen LogP contribution in [-0.2, 0) is 24.3 Å². The van der Waals surface area contributed by atoms with Gasteiger partial charge in [0, 0.05) is 24.2 Å². The second-order valence-electron chi connectivity index (χ2n) is 7.91. The summed E-state index contributed by atoms with van der Waals surface area (Å²) in [5.74, 6) is 2.30.